The van der Waals surface area contributed by atoms with Crippen LogP contribution < -0.4 is 4.90 Å². The van der Waals surface area contributed by atoms with Crippen molar-refractivity contribution in [3.05, 3.63) is 72.8 Å². The average Bonchev–Trinajstić information content (AvgIpc) is 3.39. The topological polar surface area (TPSA) is 75.5 Å². The number of para-hydroxylation sites is 1. The molecule has 0 bridgehead atoms. The number of nitrogens with one attached hydrogen (secondary N) is 1. The Morgan fingerprint density at radius 1 is 1.07 bits per heavy atom. The lowest BCUT2D eigenvalue weighted by atomic mass is 10.2. The molecule has 0 aliphatic heterocycles. The Hall–Kier alpha value is -4.25. The van der Waals surface area contributed by atoms with Crippen molar-refractivity contribution in [2.24, 2.45) is 0 Å². The third-order valence-electron chi connectivity index (χ3n) is 4.64. The number of benzene rings is 2. The minimum atomic E-state index is -0.292. The minimum Gasteiger partial charge on any atom is -0.350 e. The van der Waals surface area contributed by atoms with E-state index in [-0.39, 0.29) is 5.82 Å². The highest BCUT2D eigenvalue weighted by Gasteiger charge is 2.17. The molecule has 0 saturated heterocycles. The summed E-state index contributed by atoms with van der Waals surface area (Å²) in [6.07, 6.45) is 11.1. The molecule has 0 fully saturated rings. The smallest absolute Gasteiger partial charge is 0.182 e. The number of halogens is 1. The van der Waals surface area contributed by atoms with Crippen molar-refractivity contribution in [2.75, 3.05) is 11.9 Å². The molecule has 0 atom stereocenters. The molecule has 3 heterocycles. The second-order valence-electron chi connectivity index (χ2n) is 6.49. The van der Waals surface area contributed by atoms with Crippen molar-refractivity contribution in [3.8, 4) is 18.5 Å². The lowest BCUT2D eigenvalue weighted by Crippen LogP contribution is -2.21. The number of rotatable bonds is 4. The fourth-order valence-electron chi connectivity index (χ4n) is 3.40. The molecule has 0 radical (unpaired) electrons. The van der Waals surface area contributed by atoms with Gasteiger partial charge in [0.1, 0.15) is 23.5 Å². The van der Waals surface area contributed by atoms with E-state index in [1.807, 2.05) is 46.8 Å². The van der Waals surface area contributed by atoms with Gasteiger partial charge in [0.25, 0.3) is 0 Å². The molecular weight excluding hydrogens is 381 g/mol. The van der Waals surface area contributed by atoms with E-state index >= 15 is 0 Å². The highest BCUT2D eigenvalue weighted by atomic mass is 19.1. The van der Waals surface area contributed by atoms with Crippen LogP contribution >= 0.6 is 0 Å². The number of aromatic nitrogens is 6. The van der Waals surface area contributed by atoms with E-state index in [1.165, 1.54) is 18.5 Å². The Bertz CT molecular complexity index is 1320. The van der Waals surface area contributed by atoms with E-state index in [0.29, 0.717) is 12.2 Å². The van der Waals surface area contributed by atoms with Gasteiger partial charge in [0.2, 0.25) is 0 Å². The summed E-state index contributed by atoms with van der Waals surface area (Å²) in [5.41, 5.74) is 3.76. The van der Waals surface area contributed by atoms with Crippen LogP contribution in [0.15, 0.2) is 61.2 Å². The van der Waals surface area contributed by atoms with E-state index in [1.54, 1.807) is 12.4 Å². The lowest BCUT2D eigenvalue weighted by molar-refractivity contribution is 0.629. The molecule has 0 aliphatic carbocycles. The molecule has 148 valence electrons. The molecule has 30 heavy (non-hydrogen) atoms. The number of aromatic amines is 1. The average molecular weight is 399 g/mol. The summed E-state index contributed by atoms with van der Waals surface area (Å²) in [5.74, 6) is 1.21. The monoisotopic (exact) mass is 399 g/mol. The maximum absolute atomic E-state index is 13.9. The van der Waals surface area contributed by atoms with Gasteiger partial charge in [0.15, 0.2) is 11.5 Å². The maximum atomic E-state index is 13.9. The largest absolute Gasteiger partial charge is 0.350 e. The van der Waals surface area contributed by atoms with Crippen molar-refractivity contribution in [2.45, 2.75) is 6.54 Å². The van der Waals surface area contributed by atoms with E-state index in [9.17, 15) is 4.39 Å². The SMILES string of the molecule is C#C.CN(Cc1nc2ccc(F)cc2n1-c1ccccc1)c1ncnc2nc[nH]c12. The number of fused-ring (bicyclic) bond motifs is 2. The van der Waals surface area contributed by atoms with Crippen molar-refractivity contribution in [3.63, 3.8) is 0 Å². The van der Waals surface area contributed by atoms with Crippen LogP contribution in [-0.4, -0.2) is 36.5 Å². The molecule has 3 aromatic heterocycles. The van der Waals surface area contributed by atoms with Gasteiger partial charge in [0, 0.05) is 18.8 Å². The summed E-state index contributed by atoms with van der Waals surface area (Å²) >= 11 is 0. The quantitative estimate of drug-likeness (QED) is 0.466. The minimum absolute atomic E-state index is 0.292. The maximum Gasteiger partial charge on any atom is 0.182 e. The Kier molecular flexibility index (Phi) is 5.09. The third-order valence-corrected chi connectivity index (χ3v) is 4.64. The van der Waals surface area contributed by atoms with Gasteiger partial charge < -0.3 is 9.88 Å². The molecule has 1 N–H and O–H groups in total. The van der Waals surface area contributed by atoms with Gasteiger partial charge in [-0.1, -0.05) is 18.2 Å². The summed E-state index contributed by atoms with van der Waals surface area (Å²) in [5, 5.41) is 0. The lowest BCUT2D eigenvalue weighted by Gasteiger charge is -2.19. The summed E-state index contributed by atoms with van der Waals surface area (Å²) in [6.45, 7) is 0.469. The first kappa shape index (κ1) is 19.1. The molecule has 0 spiro atoms. The number of hydrogen-bond acceptors (Lipinski definition) is 5. The summed E-state index contributed by atoms with van der Waals surface area (Å²) in [4.78, 5) is 22.5. The Balaban J connectivity index is 0.00000106. The molecule has 5 aromatic rings. The number of anilines is 1. The van der Waals surface area contributed by atoms with Crippen LogP contribution in [-0.2, 0) is 6.54 Å². The van der Waals surface area contributed by atoms with Gasteiger partial charge in [-0.25, -0.2) is 24.3 Å². The Labute approximate surface area is 172 Å². The van der Waals surface area contributed by atoms with Gasteiger partial charge in [-0.2, -0.15) is 0 Å². The van der Waals surface area contributed by atoms with Gasteiger partial charge in [-0.15, -0.1) is 12.8 Å². The van der Waals surface area contributed by atoms with Crippen LogP contribution in [0.25, 0.3) is 27.9 Å². The summed E-state index contributed by atoms with van der Waals surface area (Å²) in [7, 11) is 1.93. The number of terminal acetylenes is 1. The van der Waals surface area contributed by atoms with Crippen molar-refractivity contribution >= 4 is 28.0 Å². The molecule has 0 aliphatic rings. The second kappa shape index (κ2) is 8.01. The van der Waals surface area contributed by atoms with Crippen LogP contribution in [0.2, 0.25) is 0 Å². The van der Waals surface area contributed by atoms with Crippen LogP contribution in [0.1, 0.15) is 5.82 Å². The number of nitrogens with zero attached hydrogens (tertiary/aromatic N) is 6. The van der Waals surface area contributed by atoms with E-state index in [4.69, 9.17) is 4.98 Å². The fourth-order valence-corrected chi connectivity index (χ4v) is 3.40. The van der Waals surface area contributed by atoms with Gasteiger partial charge in [0.05, 0.1) is 23.9 Å². The van der Waals surface area contributed by atoms with E-state index in [0.717, 1.165) is 33.9 Å². The summed E-state index contributed by atoms with van der Waals surface area (Å²) < 4.78 is 15.9. The number of hydrogen-bond donors (Lipinski definition) is 1. The second-order valence-corrected chi connectivity index (χ2v) is 6.49. The molecule has 0 unspecified atom stereocenters. The zero-order valence-electron chi connectivity index (χ0n) is 16.2. The molecule has 0 amide bonds. The van der Waals surface area contributed by atoms with E-state index in [2.05, 4.69) is 32.8 Å². The van der Waals surface area contributed by atoms with Crippen LogP contribution in [0.3, 0.4) is 0 Å². The highest BCUT2D eigenvalue weighted by molar-refractivity contribution is 5.83. The zero-order valence-corrected chi connectivity index (χ0v) is 16.2. The molecule has 7 nitrogen and oxygen atoms in total. The predicted molar refractivity (Wildman–Crippen MR) is 115 cm³/mol. The molecule has 2 aromatic carbocycles. The van der Waals surface area contributed by atoms with Crippen LogP contribution in [0.4, 0.5) is 10.2 Å². The highest BCUT2D eigenvalue weighted by Crippen LogP contribution is 2.25. The Morgan fingerprint density at radius 2 is 1.87 bits per heavy atom. The van der Waals surface area contributed by atoms with Crippen molar-refractivity contribution in [1.29, 1.82) is 0 Å². The van der Waals surface area contributed by atoms with Gasteiger partial charge >= 0.3 is 0 Å². The van der Waals surface area contributed by atoms with Crippen molar-refractivity contribution < 1.29 is 4.39 Å². The number of H-pyrrole nitrogens is 1. The van der Waals surface area contributed by atoms with E-state index < -0.39 is 0 Å². The zero-order chi connectivity index (χ0) is 21.1. The van der Waals surface area contributed by atoms with Crippen molar-refractivity contribution in [1.82, 2.24) is 29.5 Å². The first-order valence-electron chi connectivity index (χ1n) is 9.11. The van der Waals surface area contributed by atoms with Gasteiger partial charge in [-0.3, -0.25) is 4.57 Å². The van der Waals surface area contributed by atoms with Crippen LogP contribution in [0, 0.1) is 18.7 Å². The Morgan fingerprint density at radius 3 is 2.67 bits per heavy atom. The molecule has 8 heteroatoms. The summed E-state index contributed by atoms with van der Waals surface area (Å²) in [6, 6.07) is 14.4. The molecule has 5 rings (SSSR count). The normalized spacial score (nSPS) is 10.7. The van der Waals surface area contributed by atoms with Crippen LogP contribution in [0.5, 0.6) is 0 Å². The molecular formula is C22H18FN7. The first-order chi connectivity index (χ1) is 14.7. The molecule has 0 saturated carbocycles. The predicted octanol–water partition coefficient (Wildman–Crippen LogP) is 3.72. The number of imidazole rings is 2. The standard InChI is InChI=1S/C20H16FN7.C2H2/c1-27(20-18-19(23-11-22-18)24-12-25-20)10-17-26-15-8-7-13(21)9-16(15)28(17)14-5-3-2-4-6-14;1-2/h2-9,11-12H,10H2,1H3,(H,22,23,24,25);1-2H. The third kappa shape index (κ3) is 3.33. The first-order valence-corrected chi connectivity index (χ1v) is 9.11. The fraction of sp³-hybridized carbons (Fsp3) is 0.0909. The van der Waals surface area contributed by atoms with Gasteiger partial charge in [-0.05, 0) is 24.3 Å².